The van der Waals surface area contributed by atoms with Gasteiger partial charge in [0, 0.05) is 18.2 Å². The second-order valence-electron chi connectivity index (χ2n) is 4.63. The van der Waals surface area contributed by atoms with Gasteiger partial charge in [-0.2, -0.15) is 0 Å². The Labute approximate surface area is 131 Å². The number of primary amides is 1. The summed E-state index contributed by atoms with van der Waals surface area (Å²) in [6.07, 6.45) is 1.69. The predicted octanol–water partition coefficient (Wildman–Crippen LogP) is 1.70. The molecule has 0 saturated heterocycles. The van der Waals surface area contributed by atoms with Gasteiger partial charge < -0.3 is 11.1 Å². The van der Waals surface area contributed by atoms with Crippen LogP contribution >= 0.6 is 11.6 Å². The van der Waals surface area contributed by atoms with Crippen LogP contribution in [0.2, 0.25) is 5.15 Å². The lowest BCUT2D eigenvalue weighted by atomic mass is 10.1. The van der Waals surface area contributed by atoms with Crippen molar-refractivity contribution in [1.29, 1.82) is 0 Å². The van der Waals surface area contributed by atoms with Crippen molar-refractivity contribution in [3.63, 3.8) is 0 Å². The number of halogens is 2. The number of nitrogens with zero attached hydrogens (tertiary/aromatic N) is 1. The van der Waals surface area contributed by atoms with Gasteiger partial charge in [0.15, 0.2) is 0 Å². The minimum atomic E-state index is -0.902. The summed E-state index contributed by atoms with van der Waals surface area (Å²) in [5.74, 6) is -1.63. The van der Waals surface area contributed by atoms with Crippen molar-refractivity contribution in [2.45, 2.75) is 12.5 Å². The van der Waals surface area contributed by atoms with Gasteiger partial charge in [0.25, 0.3) is 5.91 Å². The van der Waals surface area contributed by atoms with E-state index in [1.165, 1.54) is 18.3 Å². The van der Waals surface area contributed by atoms with Crippen molar-refractivity contribution < 1.29 is 14.0 Å². The zero-order valence-electron chi connectivity index (χ0n) is 11.4. The van der Waals surface area contributed by atoms with Crippen LogP contribution < -0.4 is 11.1 Å². The van der Waals surface area contributed by atoms with Gasteiger partial charge in [-0.3, -0.25) is 9.59 Å². The molecule has 22 heavy (non-hydrogen) atoms. The fourth-order valence-corrected chi connectivity index (χ4v) is 1.94. The topological polar surface area (TPSA) is 85.1 Å². The average Bonchev–Trinajstić information content (AvgIpc) is 2.49. The number of benzene rings is 1. The third-order valence-corrected chi connectivity index (χ3v) is 3.21. The maximum Gasteiger partial charge on any atom is 0.251 e. The zero-order chi connectivity index (χ0) is 16.1. The summed E-state index contributed by atoms with van der Waals surface area (Å²) < 4.78 is 12.8. The highest BCUT2D eigenvalue weighted by atomic mass is 35.5. The Bertz CT molecular complexity index is 674. The monoisotopic (exact) mass is 321 g/mol. The Kier molecular flexibility index (Phi) is 5.06. The van der Waals surface area contributed by atoms with Gasteiger partial charge in [-0.25, -0.2) is 9.37 Å². The molecule has 2 rings (SSSR count). The molecule has 2 aromatic rings. The molecular formula is C15H13ClFN3O2. The second kappa shape index (κ2) is 7.00. The lowest BCUT2D eigenvalue weighted by Gasteiger charge is -2.15. The van der Waals surface area contributed by atoms with Crippen LogP contribution in [0.4, 0.5) is 4.39 Å². The molecule has 0 aliphatic rings. The molecule has 0 fully saturated rings. The molecule has 0 unspecified atom stereocenters. The number of hydrogen-bond donors (Lipinski definition) is 2. The molecule has 0 saturated carbocycles. The summed E-state index contributed by atoms with van der Waals surface area (Å²) in [6, 6.07) is 7.35. The fraction of sp³-hybridized carbons (Fsp3) is 0.133. The quantitative estimate of drug-likeness (QED) is 0.822. The number of amides is 2. The zero-order valence-corrected chi connectivity index (χ0v) is 12.2. The van der Waals surface area contributed by atoms with Crippen LogP contribution in [0.3, 0.4) is 0 Å². The van der Waals surface area contributed by atoms with Gasteiger partial charge in [0.1, 0.15) is 17.0 Å². The standard InChI is InChI=1S/C15H13ClFN3O2/c16-13-6-1-9(8-19-13)7-12(14(18)21)20-15(22)10-2-4-11(17)5-3-10/h1-6,8,12H,7H2,(H2,18,21)(H,20,22)/t12-/m1/s1. The molecule has 1 heterocycles. The lowest BCUT2D eigenvalue weighted by Crippen LogP contribution is -2.45. The molecular weight excluding hydrogens is 309 g/mol. The number of pyridine rings is 1. The number of carbonyl (C=O) groups excluding carboxylic acids is 2. The van der Waals surface area contributed by atoms with E-state index < -0.39 is 23.7 Å². The Morgan fingerprint density at radius 2 is 1.91 bits per heavy atom. The highest BCUT2D eigenvalue weighted by Crippen LogP contribution is 2.08. The summed E-state index contributed by atoms with van der Waals surface area (Å²) in [4.78, 5) is 27.4. The summed E-state index contributed by atoms with van der Waals surface area (Å²) in [7, 11) is 0. The van der Waals surface area contributed by atoms with Crippen molar-refractivity contribution in [2.24, 2.45) is 5.73 Å². The molecule has 0 radical (unpaired) electrons. The van der Waals surface area contributed by atoms with Gasteiger partial charge in [0.2, 0.25) is 5.91 Å². The van der Waals surface area contributed by atoms with E-state index in [0.29, 0.717) is 10.7 Å². The molecule has 7 heteroatoms. The van der Waals surface area contributed by atoms with Gasteiger partial charge in [-0.15, -0.1) is 0 Å². The minimum Gasteiger partial charge on any atom is -0.368 e. The summed E-state index contributed by atoms with van der Waals surface area (Å²) in [6.45, 7) is 0. The second-order valence-corrected chi connectivity index (χ2v) is 5.02. The predicted molar refractivity (Wildman–Crippen MR) is 79.8 cm³/mol. The minimum absolute atomic E-state index is 0.187. The maximum atomic E-state index is 12.8. The SMILES string of the molecule is NC(=O)[C@@H](Cc1ccc(Cl)nc1)NC(=O)c1ccc(F)cc1. The van der Waals surface area contributed by atoms with Crippen LogP contribution in [0.1, 0.15) is 15.9 Å². The van der Waals surface area contributed by atoms with Crippen LogP contribution in [-0.4, -0.2) is 22.8 Å². The normalized spacial score (nSPS) is 11.7. The van der Waals surface area contributed by atoms with Crippen molar-refractivity contribution in [3.05, 3.63) is 64.7 Å². The van der Waals surface area contributed by atoms with Gasteiger partial charge in [-0.1, -0.05) is 17.7 Å². The number of rotatable bonds is 5. The molecule has 114 valence electrons. The Hall–Kier alpha value is -2.47. The van der Waals surface area contributed by atoms with Crippen LogP contribution in [-0.2, 0) is 11.2 Å². The lowest BCUT2D eigenvalue weighted by molar-refractivity contribution is -0.119. The van der Waals surface area contributed by atoms with E-state index >= 15 is 0 Å². The van der Waals surface area contributed by atoms with Crippen molar-refractivity contribution in [2.75, 3.05) is 0 Å². The molecule has 0 aliphatic carbocycles. The first-order valence-electron chi connectivity index (χ1n) is 6.42. The number of hydrogen-bond acceptors (Lipinski definition) is 3. The first kappa shape index (κ1) is 15.9. The van der Waals surface area contributed by atoms with E-state index in [1.54, 1.807) is 12.1 Å². The summed E-state index contributed by atoms with van der Waals surface area (Å²) in [5.41, 5.74) is 6.24. The highest BCUT2D eigenvalue weighted by molar-refractivity contribution is 6.29. The van der Waals surface area contributed by atoms with E-state index in [4.69, 9.17) is 17.3 Å². The highest BCUT2D eigenvalue weighted by Gasteiger charge is 2.19. The Morgan fingerprint density at radius 1 is 1.23 bits per heavy atom. The molecule has 1 aromatic carbocycles. The molecule has 3 N–H and O–H groups in total. The van der Waals surface area contributed by atoms with E-state index in [1.807, 2.05) is 0 Å². The van der Waals surface area contributed by atoms with Crippen LogP contribution in [0.15, 0.2) is 42.6 Å². The number of nitrogens with two attached hydrogens (primary N) is 1. The third kappa shape index (κ3) is 4.26. The molecule has 1 aromatic heterocycles. The first-order chi connectivity index (χ1) is 10.5. The van der Waals surface area contributed by atoms with E-state index in [9.17, 15) is 14.0 Å². The molecule has 5 nitrogen and oxygen atoms in total. The molecule has 2 amide bonds. The maximum absolute atomic E-state index is 12.8. The average molecular weight is 322 g/mol. The van der Waals surface area contributed by atoms with Gasteiger partial charge >= 0.3 is 0 Å². The van der Waals surface area contributed by atoms with E-state index in [0.717, 1.165) is 12.1 Å². The fourth-order valence-electron chi connectivity index (χ4n) is 1.83. The number of aromatic nitrogens is 1. The molecule has 0 bridgehead atoms. The van der Waals surface area contributed by atoms with Gasteiger partial charge in [-0.05, 0) is 35.9 Å². The largest absolute Gasteiger partial charge is 0.368 e. The molecule has 0 spiro atoms. The summed E-state index contributed by atoms with van der Waals surface area (Å²) >= 11 is 5.68. The van der Waals surface area contributed by atoms with Crippen LogP contribution in [0.5, 0.6) is 0 Å². The smallest absolute Gasteiger partial charge is 0.251 e. The van der Waals surface area contributed by atoms with Crippen molar-refractivity contribution >= 4 is 23.4 Å². The van der Waals surface area contributed by atoms with E-state index in [2.05, 4.69) is 10.3 Å². The van der Waals surface area contributed by atoms with Crippen molar-refractivity contribution in [3.8, 4) is 0 Å². The molecule has 1 atom stereocenters. The van der Waals surface area contributed by atoms with Crippen molar-refractivity contribution in [1.82, 2.24) is 10.3 Å². The number of nitrogens with one attached hydrogen (secondary N) is 1. The summed E-state index contributed by atoms with van der Waals surface area (Å²) in [5, 5.41) is 2.85. The van der Waals surface area contributed by atoms with E-state index in [-0.39, 0.29) is 12.0 Å². The van der Waals surface area contributed by atoms with Crippen LogP contribution in [0, 0.1) is 5.82 Å². The Balaban J connectivity index is 2.08. The molecule has 0 aliphatic heterocycles. The van der Waals surface area contributed by atoms with Gasteiger partial charge in [0.05, 0.1) is 0 Å². The number of carbonyl (C=O) groups is 2. The Morgan fingerprint density at radius 3 is 2.45 bits per heavy atom. The first-order valence-corrected chi connectivity index (χ1v) is 6.79. The van der Waals surface area contributed by atoms with Crippen LogP contribution in [0.25, 0.3) is 0 Å². The third-order valence-electron chi connectivity index (χ3n) is 2.98.